The van der Waals surface area contributed by atoms with E-state index in [1.165, 1.54) is 6.42 Å². The third-order valence-corrected chi connectivity index (χ3v) is 6.28. The van der Waals surface area contributed by atoms with Gasteiger partial charge < -0.3 is 15.0 Å². The number of benzene rings is 3. The molecule has 5 nitrogen and oxygen atoms in total. The van der Waals surface area contributed by atoms with Crippen LogP contribution in [0.1, 0.15) is 53.6 Å². The van der Waals surface area contributed by atoms with Crippen LogP contribution in [0.4, 0.5) is 0 Å². The number of likely N-dealkylation sites (tertiary alicyclic amines) is 1. The van der Waals surface area contributed by atoms with Gasteiger partial charge in [-0.25, -0.2) is 0 Å². The van der Waals surface area contributed by atoms with Crippen molar-refractivity contribution >= 4 is 22.6 Å². The average molecular weight is 431 g/mol. The molecule has 1 heterocycles. The number of rotatable bonds is 6. The van der Waals surface area contributed by atoms with Crippen molar-refractivity contribution < 1.29 is 14.3 Å². The lowest BCUT2D eigenvalue weighted by Gasteiger charge is -2.26. The van der Waals surface area contributed by atoms with E-state index in [0.29, 0.717) is 12.1 Å². The summed E-state index contributed by atoms with van der Waals surface area (Å²) in [5.74, 6) is 0.635. The highest BCUT2D eigenvalue weighted by atomic mass is 16.5. The summed E-state index contributed by atoms with van der Waals surface area (Å²) in [6, 6.07) is 19.6. The van der Waals surface area contributed by atoms with Crippen LogP contribution in [-0.4, -0.2) is 36.9 Å². The maximum atomic E-state index is 12.7. The van der Waals surface area contributed by atoms with Crippen LogP contribution >= 0.6 is 0 Å². The Morgan fingerprint density at radius 2 is 1.62 bits per heavy atom. The normalized spacial score (nSPS) is 14.8. The number of carbonyl (C=O) groups excluding carboxylic acids is 2. The Labute approximate surface area is 189 Å². The van der Waals surface area contributed by atoms with E-state index < -0.39 is 0 Å². The lowest BCUT2D eigenvalue weighted by atomic mass is 9.97. The minimum atomic E-state index is -0.263. The Bertz CT molecular complexity index is 1100. The predicted molar refractivity (Wildman–Crippen MR) is 127 cm³/mol. The van der Waals surface area contributed by atoms with Crippen molar-refractivity contribution in [1.29, 1.82) is 0 Å². The third-order valence-electron chi connectivity index (χ3n) is 6.28. The molecule has 0 radical (unpaired) electrons. The number of hydrogen-bond donors (Lipinski definition) is 1. The maximum absolute atomic E-state index is 12.7. The number of ether oxygens (including phenoxy) is 1. The van der Waals surface area contributed by atoms with Crippen LogP contribution in [0.2, 0.25) is 0 Å². The summed E-state index contributed by atoms with van der Waals surface area (Å²) < 4.78 is 5.28. The molecule has 3 aromatic rings. The molecule has 1 fully saturated rings. The number of amides is 2. The van der Waals surface area contributed by atoms with Crippen molar-refractivity contribution in [2.24, 2.45) is 0 Å². The van der Waals surface area contributed by atoms with E-state index in [2.05, 4.69) is 11.4 Å². The molecule has 1 aliphatic heterocycles. The van der Waals surface area contributed by atoms with Gasteiger partial charge >= 0.3 is 0 Å². The third kappa shape index (κ3) is 4.93. The molecule has 166 valence electrons. The number of fused-ring (bicyclic) bond motifs is 1. The molecule has 0 unspecified atom stereocenters. The fourth-order valence-electron chi connectivity index (χ4n) is 4.18. The lowest BCUT2D eigenvalue weighted by Crippen LogP contribution is -2.35. The van der Waals surface area contributed by atoms with Crippen LogP contribution in [0.3, 0.4) is 0 Å². The van der Waals surface area contributed by atoms with E-state index in [-0.39, 0.29) is 17.7 Å². The number of carbonyl (C=O) groups is 2. The molecule has 1 N–H and O–H groups in total. The van der Waals surface area contributed by atoms with Gasteiger partial charge in [-0.15, -0.1) is 0 Å². The van der Waals surface area contributed by atoms with Gasteiger partial charge in [-0.2, -0.15) is 0 Å². The van der Waals surface area contributed by atoms with Gasteiger partial charge in [-0.05, 0) is 72.4 Å². The van der Waals surface area contributed by atoms with Crippen molar-refractivity contribution in [3.63, 3.8) is 0 Å². The molecule has 0 aliphatic carbocycles. The summed E-state index contributed by atoms with van der Waals surface area (Å²) in [5, 5.41) is 5.19. The summed E-state index contributed by atoms with van der Waals surface area (Å²) in [6.45, 7) is 4.04. The van der Waals surface area contributed by atoms with Crippen LogP contribution < -0.4 is 10.1 Å². The highest BCUT2D eigenvalue weighted by molar-refractivity contribution is 5.94. The van der Waals surface area contributed by atoms with Gasteiger partial charge in [-0.3, -0.25) is 9.59 Å². The van der Waals surface area contributed by atoms with Crippen LogP contribution in [0, 0.1) is 0 Å². The maximum Gasteiger partial charge on any atom is 0.253 e. The predicted octanol–water partition coefficient (Wildman–Crippen LogP) is 4.89. The first-order valence-electron chi connectivity index (χ1n) is 11.3. The zero-order chi connectivity index (χ0) is 22.5. The van der Waals surface area contributed by atoms with Crippen molar-refractivity contribution in [3.05, 3.63) is 77.4 Å². The van der Waals surface area contributed by atoms with Crippen molar-refractivity contribution in [2.45, 2.75) is 38.6 Å². The van der Waals surface area contributed by atoms with Crippen molar-refractivity contribution in [2.75, 3.05) is 20.2 Å². The summed E-state index contributed by atoms with van der Waals surface area (Å²) in [4.78, 5) is 27.3. The summed E-state index contributed by atoms with van der Waals surface area (Å²) >= 11 is 0. The molecule has 0 aromatic heterocycles. The quantitative estimate of drug-likeness (QED) is 0.605. The molecule has 1 saturated heterocycles. The highest BCUT2D eigenvalue weighted by Gasteiger charge is 2.18. The molecule has 1 aliphatic rings. The first-order chi connectivity index (χ1) is 15.5. The van der Waals surface area contributed by atoms with Crippen LogP contribution in [0.25, 0.3) is 10.8 Å². The second-order valence-corrected chi connectivity index (χ2v) is 8.46. The lowest BCUT2D eigenvalue weighted by molar-refractivity contribution is -0.122. The Balaban J connectivity index is 1.35. The van der Waals surface area contributed by atoms with E-state index in [9.17, 15) is 9.59 Å². The minimum absolute atomic E-state index is 0.0219. The van der Waals surface area contributed by atoms with Crippen molar-refractivity contribution in [1.82, 2.24) is 10.2 Å². The van der Waals surface area contributed by atoms with E-state index in [1.54, 1.807) is 7.11 Å². The second kappa shape index (κ2) is 9.86. The summed E-state index contributed by atoms with van der Waals surface area (Å²) in [5.41, 5.74) is 2.66. The fraction of sp³-hybridized carbons (Fsp3) is 0.333. The molecule has 0 saturated carbocycles. The van der Waals surface area contributed by atoms with Gasteiger partial charge in [-0.1, -0.05) is 36.4 Å². The van der Waals surface area contributed by atoms with Crippen LogP contribution in [0.5, 0.6) is 5.75 Å². The number of piperidine rings is 1. The highest BCUT2D eigenvalue weighted by Crippen LogP contribution is 2.25. The van der Waals surface area contributed by atoms with Crippen molar-refractivity contribution in [3.8, 4) is 5.75 Å². The molecule has 32 heavy (non-hydrogen) atoms. The Kier molecular flexibility index (Phi) is 6.74. The first-order valence-corrected chi connectivity index (χ1v) is 11.3. The largest absolute Gasteiger partial charge is 0.497 e. The number of methoxy groups -OCH3 is 1. The molecule has 5 heteroatoms. The van der Waals surface area contributed by atoms with Gasteiger partial charge in [0.1, 0.15) is 5.75 Å². The number of nitrogens with zero attached hydrogens (tertiary/aromatic N) is 1. The molecule has 2 amide bonds. The van der Waals surface area contributed by atoms with E-state index in [0.717, 1.165) is 53.6 Å². The Morgan fingerprint density at radius 3 is 2.34 bits per heavy atom. The topological polar surface area (TPSA) is 58.6 Å². The second-order valence-electron chi connectivity index (χ2n) is 8.46. The monoisotopic (exact) mass is 430 g/mol. The van der Waals surface area contributed by atoms with E-state index in [4.69, 9.17) is 4.74 Å². The van der Waals surface area contributed by atoms with Crippen LogP contribution in [-0.2, 0) is 11.3 Å². The average Bonchev–Trinajstić information content (AvgIpc) is 2.86. The Hall–Kier alpha value is -3.34. The fourth-order valence-corrected chi connectivity index (χ4v) is 4.18. The standard InChI is InChI=1S/C27H30N2O3/c1-19(22-10-11-24-17-25(32-2)13-12-23(24)16-22)26(30)28-18-20-6-8-21(9-7-20)27(31)29-14-4-3-5-15-29/h6-13,16-17,19H,3-5,14-15,18H2,1-2H3,(H,28,30)/t19-/m0/s1. The van der Waals surface area contributed by atoms with Crippen LogP contribution in [0.15, 0.2) is 60.7 Å². The minimum Gasteiger partial charge on any atom is -0.497 e. The SMILES string of the molecule is COc1ccc2cc([C@H](C)C(=O)NCc3ccc(C(=O)N4CCCCC4)cc3)ccc2c1. The van der Waals surface area contributed by atoms with E-state index in [1.807, 2.05) is 66.4 Å². The zero-order valence-electron chi connectivity index (χ0n) is 18.8. The number of hydrogen-bond acceptors (Lipinski definition) is 3. The molecular formula is C27H30N2O3. The molecule has 4 rings (SSSR count). The molecule has 0 spiro atoms. The summed E-state index contributed by atoms with van der Waals surface area (Å²) in [6.07, 6.45) is 3.37. The molecular weight excluding hydrogens is 400 g/mol. The summed E-state index contributed by atoms with van der Waals surface area (Å²) in [7, 11) is 1.65. The van der Waals surface area contributed by atoms with E-state index >= 15 is 0 Å². The molecule has 3 aromatic carbocycles. The van der Waals surface area contributed by atoms with Gasteiger partial charge in [0.15, 0.2) is 0 Å². The van der Waals surface area contributed by atoms with Gasteiger partial charge in [0.2, 0.25) is 5.91 Å². The number of nitrogens with one attached hydrogen (secondary N) is 1. The Morgan fingerprint density at radius 1 is 0.938 bits per heavy atom. The smallest absolute Gasteiger partial charge is 0.253 e. The molecule has 0 bridgehead atoms. The van der Waals surface area contributed by atoms with Gasteiger partial charge in [0.25, 0.3) is 5.91 Å². The first kappa shape index (κ1) is 21.9. The van der Waals surface area contributed by atoms with Gasteiger partial charge in [0, 0.05) is 25.2 Å². The zero-order valence-corrected chi connectivity index (χ0v) is 18.8. The molecule has 1 atom stereocenters. The van der Waals surface area contributed by atoms with Gasteiger partial charge in [0.05, 0.1) is 13.0 Å².